The third-order valence-electron chi connectivity index (χ3n) is 2.06. The van der Waals surface area contributed by atoms with Crippen molar-refractivity contribution in [2.24, 2.45) is 0 Å². The van der Waals surface area contributed by atoms with E-state index in [-0.39, 0.29) is 5.56 Å². The van der Waals surface area contributed by atoms with Gasteiger partial charge in [-0.2, -0.15) is 0 Å². The predicted octanol–water partition coefficient (Wildman–Crippen LogP) is 0.937. The largest absolute Gasteiger partial charge is 0.496 e. The number of carbonyl (C=O) groups is 1. The van der Waals surface area contributed by atoms with E-state index in [0.717, 1.165) is 0 Å². The van der Waals surface area contributed by atoms with E-state index < -0.39 is 18.2 Å². The Bertz CT molecular complexity index is 393. The van der Waals surface area contributed by atoms with E-state index in [2.05, 4.69) is 15.9 Å². The molecule has 0 fully saturated rings. The molecule has 0 aliphatic carbocycles. The molecule has 0 amide bonds. The van der Waals surface area contributed by atoms with Gasteiger partial charge < -0.3 is 20.1 Å². The molecule has 0 aromatic heterocycles. The fourth-order valence-electron chi connectivity index (χ4n) is 1.24. The van der Waals surface area contributed by atoms with E-state index in [1.807, 2.05) is 0 Å². The van der Waals surface area contributed by atoms with Gasteiger partial charge in [-0.3, -0.25) is 0 Å². The number of rotatable bonds is 4. The minimum absolute atomic E-state index is 0.215. The number of carboxylic acids is 1. The maximum absolute atomic E-state index is 10.5. The monoisotopic (exact) mass is 290 g/mol. The number of ether oxygens (including phenoxy) is 1. The van der Waals surface area contributed by atoms with Gasteiger partial charge in [-0.25, -0.2) is 4.79 Å². The third-order valence-corrected chi connectivity index (χ3v) is 2.56. The molecule has 0 bridgehead atoms. The summed E-state index contributed by atoms with van der Waals surface area (Å²) >= 11 is 3.18. The Kier molecular flexibility index (Phi) is 4.28. The van der Waals surface area contributed by atoms with Crippen molar-refractivity contribution >= 4 is 21.9 Å². The number of aliphatic hydroxyl groups excluding tert-OH is 2. The van der Waals surface area contributed by atoms with Gasteiger partial charge in [0, 0.05) is 10.0 Å². The van der Waals surface area contributed by atoms with Gasteiger partial charge in [-0.1, -0.05) is 15.9 Å². The van der Waals surface area contributed by atoms with E-state index in [0.29, 0.717) is 10.2 Å². The first-order valence-electron chi connectivity index (χ1n) is 4.39. The highest BCUT2D eigenvalue weighted by Gasteiger charge is 2.27. The minimum Gasteiger partial charge on any atom is -0.496 e. The molecular formula is C10H11BrO5. The molecule has 0 aliphatic rings. The zero-order valence-corrected chi connectivity index (χ0v) is 10.0. The van der Waals surface area contributed by atoms with Gasteiger partial charge in [-0.15, -0.1) is 0 Å². The standard InChI is InChI=1S/C10H11BrO5/c1-16-7-3-2-5(11)4-6(7)8(12)9(13)10(14)15/h2-4,8-9,12-13H,1H3,(H,14,15). The van der Waals surface area contributed by atoms with Crippen molar-refractivity contribution in [3.05, 3.63) is 28.2 Å². The number of carboxylic acid groups (broad SMARTS) is 1. The SMILES string of the molecule is COc1ccc(Br)cc1C(O)C(O)C(=O)O. The Morgan fingerprint density at radius 2 is 2.06 bits per heavy atom. The van der Waals surface area contributed by atoms with Gasteiger partial charge in [0.1, 0.15) is 11.9 Å². The van der Waals surface area contributed by atoms with E-state index in [1.165, 1.54) is 13.2 Å². The van der Waals surface area contributed by atoms with E-state index in [4.69, 9.17) is 9.84 Å². The van der Waals surface area contributed by atoms with Crippen molar-refractivity contribution in [1.29, 1.82) is 0 Å². The smallest absolute Gasteiger partial charge is 0.335 e. The molecule has 88 valence electrons. The lowest BCUT2D eigenvalue weighted by Crippen LogP contribution is -2.27. The van der Waals surface area contributed by atoms with Crippen LogP contribution in [-0.2, 0) is 4.79 Å². The van der Waals surface area contributed by atoms with Crippen LogP contribution in [0.1, 0.15) is 11.7 Å². The summed E-state index contributed by atoms with van der Waals surface area (Å²) < 4.78 is 5.62. The minimum atomic E-state index is -1.89. The van der Waals surface area contributed by atoms with Gasteiger partial charge in [0.15, 0.2) is 6.10 Å². The summed E-state index contributed by atoms with van der Waals surface area (Å²) in [5, 5.41) is 27.5. The Labute approximate surface area is 100 Å². The Morgan fingerprint density at radius 3 is 2.56 bits per heavy atom. The summed E-state index contributed by atoms with van der Waals surface area (Å²) in [6.45, 7) is 0. The topological polar surface area (TPSA) is 87.0 Å². The molecule has 1 aromatic carbocycles. The van der Waals surface area contributed by atoms with Gasteiger partial charge in [0.2, 0.25) is 0 Å². The summed E-state index contributed by atoms with van der Waals surface area (Å²) in [7, 11) is 1.40. The molecule has 0 saturated heterocycles. The molecule has 5 nitrogen and oxygen atoms in total. The van der Waals surface area contributed by atoms with Crippen molar-refractivity contribution in [3.63, 3.8) is 0 Å². The third kappa shape index (κ3) is 2.72. The Morgan fingerprint density at radius 1 is 1.44 bits per heavy atom. The number of aliphatic hydroxyl groups is 2. The summed E-state index contributed by atoms with van der Waals surface area (Å²) in [6, 6.07) is 4.75. The lowest BCUT2D eigenvalue weighted by atomic mass is 10.0. The van der Waals surface area contributed by atoms with Crippen LogP contribution in [0.25, 0.3) is 0 Å². The molecule has 1 aromatic rings. The van der Waals surface area contributed by atoms with Crippen molar-refractivity contribution in [2.45, 2.75) is 12.2 Å². The lowest BCUT2D eigenvalue weighted by Gasteiger charge is -2.17. The molecule has 2 unspecified atom stereocenters. The van der Waals surface area contributed by atoms with E-state index >= 15 is 0 Å². The van der Waals surface area contributed by atoms with Crippen molar-refractivity contribution < 1.29 is 24.9 Å². The molecule has 0 heterocycles. The van der Waals surface area contributed by atoms with Gasteiger partial charge >= 0.3 is 5.97 Å². The number of aliphatic carboxylic acids is 1. The lowest BCUT2D eigenvalue weighted by molar-refractivity contribution is -0.153. The van der Waals surface area contributed by atoms with Gasteiger partial charge in [-0.05, 0) is 18.2 Å². The maximum Gasteiger partial charge on any atom is 0.335 e. The highest BCUT2D eigenvalue weighted by atomic mass is 79.9. The molecule has 6 heteroatoms. The summed E-state index contributed by atoms with van der Waals surface area (Å²) in [5.41, 5.74) is 0.215. The number of halogens is 1. The van der Waals surface area contributed by atoms with Crippen LogP contribution >= 0.6 is 15.9 Å². The second kappa shape index (κ2) is 5.29. The highest BCUT2D eigenvalue weighted by Crippen LogP contribution is 2.30. The Balaban J connectivity index is 3.10. The Hall–Kier alpha value is -1.11. The van der Waals surface area contributed by atoms with Crippen LogP contribution in [-0.4, -0.2) is 34.5 Å². The first kappa shape index (κ1) is 13.0. The number of methoxy groups -OCH3 is 1. The zero-order valence-electron chi connectivity index (χ0n) is 8.42. The first-order valence-corrected chi connectivity index (χ1v) is 5.19. The van der Waals surface area contributed by atoms with Crippen molar-refractivity contribution in [3.8, 4) is 5.75 Å². The van der Waals surface area contributed by atoms with Crippen LogP contribution in [0.3, 0.4) is 0 Å². The van der Waals surface area contributed by atoms with Crippen LogP contribution in [0.15, 0.2) is 22.7 Å². The van der Waals surface area contributed by atoms with Crippen LogP contribution < -0.4 is 4.74 Å². The molecule has 0 radical (unpaired) electrons. The molecule has 1 rings (SSSR count). The van der Waals surface area contributed by atoms with Crippen LogP contribution in [0.2, 0.25) is 0 Å². The average molecular weight is 291 g/mol. The average Bonchev–Trinajstić information content (AvgIpc) is 2.26. The number of hydrogen-bond donors (Lipinski definition) is 3. The molecule has 0 aliphatic heterocycles. The van der Waals surface area contributed by atoms with Gasteiger partial charge in [0.25, 0.3) is 0 Å². The molecule has 0 spiro atoms. The zero-order chi connectivity index (χ0) is 12.3. The van der Waals surface area contributed by atoms with Crippen LogP contribution in [0, 0.1) is 0 Å². The highest BCUT2D eigenvalue weighted by molar-refractivity contribution is 9.10. The number of benzene rings is 1. The van der Waals surface area contributed by atoms with Gasteiger partial charge in [0.05, 0.1) is 7.11 Å². The normalized spacial score (nSPS) is 14.2. The molecular weight excluding hydrogens is 280 g/mol. The van der Waals surface area contributed by atoms with Crippen molar-refractivity contribution in [2.75, 3.05) is 7.11 Å². The molecule has 0 saturated carbocycles. The fourth-order valence-corrected chi connectivity index (χ4v) is 1.62. The summed E-state index contributed by atoms with van der Waals surface area (Å²) in [4.78, 5) is 10.5. The molecule has 3 N–H and O–H groups in total. The summed E-state index contributed by atoms with van der Waals surface area (Å²) in [6.07, 6.45) is -3.42. The maximum atomic E-state index is 10.5. The number of hydrogen-bond acceptors (Lipinski definition) is 4. The summed E-state index contributed by atoms with van der Waals surface area (Å²) in [5.74, 6) is -1.18. The second-order valence-corrected chi connectivity index (χ2v) is 4.03. The van der Waals surface area contributed by atoms with Crippen LogP contribution in [0.5, 0.6) is 5.75 Å². The van der Waals surface area contributed by atoms with Crippen molar-refractivity contribution in [1.82, 2.24) is 0 Å². The molecule has 2 atom stereocenters. The quantitative estimate of drug-likeness (QED) is 0.768. The second-order valence-electron chi connectivity index (χ2n) is 3.11. The van der Waals surface area contributed by atoms with E-state index in [9.17, 15) is 15.0 Å². The fraction of sp³-hybridized carbons (Fsp3) is 0.300. The molecule has 16 heavy (non-hydrogen) atoms. The predicted molar refractivity (Wildman–Crippen MR) is 59.3 cm³/mol. The van der Waals surface area contributed by atoms with E-state index in [1.54, 1.807) is 12.1 Å². The van der Waals surface area contributed by atoms with Crippen LogP contribution in [0.4, 0.5) is 0 Å². The first-order chi connectivity index (χ1) is 7.47.